The number of anilines is 3. The predicted octanol–water partition coefficient (Wildman–Crippen LogP) is 6.12. The SMILES string of the molecule is Cn1nccc1-c1ccc(C(F)(F)F)cc1NC(=O)Nc1cnc(Oc2ccc(-c3cc(F)cnc3N)cc2)nc1. The Morgan fingerprint density at radius 1 is 0.927 bits per heavy atom. The van der Waals surface area contributed by atoms with Crippen LogP contribution >= 0.6 is 0 Å². The third-order valence-corrected chi connectivity index (χ3v) is 5.84. The number of halogens is 4. The van der Waals surface area contributed by atoms with E-state index in [1.807, 2.05) is 0 Å². The molecule has 0 radical (unpaired) electrons. The molecule has 0 atom stereocenters. The number of hydrogen-bond acceptors (Lipinski definition) is 7. The number of aryl methyl sites for hydroxylation is 1. The summed E-state index contributed by atoms with van der Waals surface area (Å²) >= 11 is 0. The van der Waals surface area contributed by atoms with Gasteiger partial charge in [-0.25, -0.2) is 24.1 Å². The van der Waals surface area contributed by atoms with Crippen molar-refractivity contribution in [2.45, 2.75) is 6.18 Å². The van der Waals surface area contributed by atoms with E-state index in [0.717, 1.165) is 18.3 Å². The number of amides is 2. The summed E-state index contributed by atoms with van der Waals surface area (Å²) in [4.78, 5) is 24.5. The molecule has 0 saturated heterocycles. The van der Waals surface area contributed by atoms with Crippen molar-refractivity contribution in [1.82, 2.24) is 24.7 Å². The molecule has 2 amide bonds. The lowest BCUT2D eigenvalue weighted by Gasteiger charge is -2.15. The molecule has 0 aliphatic heterocycles. The third-order valence-electron chi connectivity index (χ3n) is 5.84. The summed E-state index contributed by atoms with van der Waals surface area (Å²) in [7, 11) is 1.63. The van der Waals surface area contributed by atoms with Gasteiger partial charge in [0.2, 0.25) is 0 Å². The molecule has 208 valence electrons. The van der Waals surface area contributed by atoms with Crippen LogP contribution in [0.1, 0.15) is 5.56 Å². The van der Waals surface area contributed by atoms with Gasteiger partial charge in [0.05, 0.1) is 41.2 Å². The average molecular weight is 565 g/mol. The molecule has 4 N–H and O–H groups in total. The number of ether oxygens (including phenoxy) is 1. The number of nitrogen functional groups attached to an aromatic ring is 1. The van der Waals surface area contributed by atoms with Crippen LogP contribution in [0.5, 0.6) is 11.8 Å². The highest BCUT2D eigenvalue weighted by molar-refractivity contribution is 6.02. The Hall–Kier alpha value is -5.53. The Kier molecular flexibility index (Phi) is 7.20. The second-order valence-corrected chi connectivity index (χ2v) is 8.64. The van der Waals surface area contributed by atoms with Crippen molar-refractivity contribution in [3.05, 3.63) is 90.8 Å². The lowest BCUT2D eigenvalue weighted by atomic mass is 10.1. The minimum Gasteiger partial charge on any atom is -0.424 e. The van der Waals surface area contributed by atoms with Crippen LogP contribution in [-0.2, 0) is 13.2 Å². The molecule has 41 heavy (non-hydrogen) atoms. The van der Waals surface area contributed by atoms with E-state index in [0.29, 0.717) is 28.1 Å². The number of nitrogens with two attached hydrogens (primary N) is 1. The molecule has 3 aromatic heterocycles. The largest absolute Gasteiger partial charge is 0.424 e. The molecule has 3 heterocycles. The number of hydrogen-bond donors (Lipinski definition) is 3. The van der Waals surface area contributed by atoms with Gasteiger partial charge >= 0.3 is 18.2 Å². The highest BCUT2D eigenvalue weighted by atomic mass is 19.4. The Labute approximate surface area is 229 Å². The van der Waals surface area contributed by atoms with Gasteiger partial charge in [-0.3, -0.25) is 4.68 Å². The molecule has 5 aromatic rings. The lowest BCUT2D eigenvalue weighted by molar-refractivity contribution is -0.137. The quantitative estimate of drug-likeness (QED) is 0.212. The maximum Gasteiger partial charge on any atom is 0.416 e. The zero-order chi connectivity index (χ0) is 29.1. The topological polar surface area (TPSA) is 133 Å². The molecule has 10 nitrogen and oxygen atoms in total. The summed E-state index contributed by atoms with van der Waals surface area (Å²) in [6.07, 6.45) is 0.448. The second-order valence-electron chi connectivity index (χ2n) is 8.64. The number of nitrogens with zero attached hydrogens (tertiary/aromatic N) is 5. The molecular formula is C27H20F4N8O2. The van der Waals surface area contributed by atoms with Crippen LogP contribution < -0.4 is 21.1 Å². The Morgan fingerprint density at radius 3 is 2.32 bits per heavy atom. The normalized spacial score (nSPS) is 11.2. The maximum absolute atomic E-state index is 13.5. The van der Waals surface area contributed by atoms with Gasteiger partial charge < -0.3 is 21.1 Å². The fourth-order valence-corrected chi connectivity index (χ4v) is 3.89. The van der Waals surface area contributed by atoms with Crippen LogP contribution in [0.25, 0.3) is 22.4 Å². The van der Waals surface area contributed by atoms with Gasteiger partial charge in [0.15, 0.2) is 0 Å². The van der Waals surface area contributed by atoms with Crippen LogP contribution in [-0.4, -0.2) is 30.8 Å². The Morgan fingerprint density at radius 2 is 1.66 bits per heavy atom. The van der Waals surface area contributed by atoms with E-state index in [1.54, 1.807) is 37.4 Å². The Balaban J connectivity index is 1.26. The first kappa shape index (κ1) is 27.1. The number of rotatable bonds is 6. The summed E-state index contributed by atoms with van der Waals surface area (Å²) in [5, 5.41) is 8.96. The molecule has 0 aliphatic carbocycles. The van der Waals surface area contributed by atoms with Crippen LogP contribution in [0, 0.1) is 5.82 Å². The van der Waals surface area contributed by atoms with Crippen LogP contribution in [0.3, 0.4) is 0 Å². The summed E-state index contributed by atoms with van der Waals surface area (Å²) in [5.41, 5.74) is 6.89. The third kappa shape index (κ3) is 6.21. The van der Waals surface area contributed by atoms with Gasteiger partial charge in [-0.05, 0) is 42.0 Å². The number of carbonyl (C=O) groups is 1. The lowest BCUT2D eigenvalue weighted by Crippen LogP contribution is -2.21. The molecule has 0 saturated carbocycles. The number of aromatic nitrogens is 5. The van der Waals surface area contributed by atoms with E-state index in [2.05, 4.69) is 30.7 Å². The van der Waals surface area contributed by atoms with Crippen molar-refractivity contribution in [2.75, 3.05) is 16.4 Å². The van der Waals surface area contributed by atoms with Gasteiger partial charge in [-0.15, -0.1) is 0 Å². The number of benzene rings is 2. The number of alkyl halides is 3. The fourth-order valence-electron chi connectivity index (χ4n) is 3.89. The van der Waals surface area contributed by atoms with Gasteiger partial charge in [0.1, 0.15) is 17.4 Å². The van der Waals surface area contributed by atoms with Gasteiger partial charge in [-0.1, -0.05) is 18.2 Å². The van der Waals surface area contributed by atoms with Crippen molar-refractivity contribution in [1.29, 1.82) is 0 Å². The Bertz CT molecular complexity index is 1700. The monoisotopic (exact) mass is 564 g/mol. The van der Waals surface area contributed by atoms with Crippen molar-refractivity contribution < 1.29 is 27.1 Å². The average Bonchev–Trinajstić information content (AvgIpc) is 3.36. The standard InChI is InChI=1S/C27H20F4N8O2/c1-39-23(8-9-36-39)20-7-4-16(27(29,30)31)10-22(20)38-25(40)37-18-13-34-26(35-14-18)41-19-5-2-15(3-6-19)21-11-17(28)12-33-24(21)32/h2-14H,1H3,(H2,32,33)(H2,37,38,40). The number of urea groups is 1. The van der Waals surface area contributed by atoms with Crippen molar-refractivity contribution in [2.24, 2.45) is 7.05 Å². The van der Waals surface area contributed by atoms with E-state index < -0.39 is 23.6 Å². The fraction of sp³-hybridized carbons (Fsp3) is 0.0741. The minimum absolute atomic E-state index is 0.0352. The summed E-state index contributed by atoms with van der Waals surface area (Å²) in [5.74, 6) is 0.0353. The molecule has 0 unspecified atom stereocenters. The molecule has 14 heteroatoms. The van der Waals surface area contributed by atoms with Gasteiger partial charge in [0.25, 0.3) is 0 Å². The molecular weight excluding hydrogens is 544 g/mol. The van der Waals surface area contributed by atoms with Gasteiger partial charge in [0, 0.05) is 24.4 Å². The van der Waals surface area contributed by atoms with Crippen molar-refractivity contribution in [3.63, 3.8) is 0 Å². The molecule has 0 aliphatic rings. The zero-order valence-electron chi connectivity index (χ0n) is 21.1. The summed E-state index contributed by atoms with van der Waals surface area (Å²) in [6, 6.07) is 11.6. The molecule has 0 fully saturated rings. The second kappa shape index (κ2) is 10.9. The smallest absolute Gasteiger partial charge is 0.416 e. The minimum atomic E-state index is -4.61. The summed E-state index contributed by atoms with van der Waals surface area (Å²) in [6.45, 7) is 0. The van der Waals surface area contributed by atoms with E-state index in [-0.39, 0.29) is 23.2 Å². The van der Waals surface area contributed by atoms with E-state index in [9.17, 15) is 22.4 Å². The van der Waals surface area contributed by atoms with E-state index in [1.165, 1.54) is 35.4 Å². The highest BCUT2D eigenvalue weighted by Gasteiger charge is 2.31. The molecule has 0 spiro atoms. The van der Waals surface area contributed by atoms with Crippen LogP contribution in [0.2, 0.25) is 0 Å². The predicted molar refractivity (Wildman–Crippen MR) is 142 cm³/mol. The first-order chi connectivity index (χ1) is 19.6. The maximum atomic E-state index is 13.5. The van der Waals surface area contributed by atoms with Gasteiger partial charge in [-0.2, -0.15) is 18.3 Å². The number of carbonyl (C=O) groups excluding carboxylic acids is 1. The zero-order valence-corrected chi connectivity index (χ0v) is 21.1. The van der Waals surface area contributed by atoms with Crippen LogP contribution in [0.15, 0.2) is 79.4 Å². The summed E-state index contributed by atoms with van der Waals surface area (Å²) < 4.78 is 60.6. The van der Waals surface area contributed by atoms with Crippen LogP contribution in [0.4, 0.5) is 39.5 Å². The molecule has 5 rings (SSSR count). The van der Waals surface area contributed by atoms with E-state index >= 15 is 0 Å². The molecule has 2 aromatic carbocycles. The highest BCUT2D eigenvalue weighted by Crippen LogP contribution is 2.36. The van der Waals surface area contributed by atoms with E-state index in [4.69, 9.17) is 10.5 Å². The molecule has 0 bridgehead atoms. The number of pyridine rings is 1. The van der Waals surface area contributed by atoms with Crippen molar-refractivity contribution >= 4 is 23.2 Å². The first-order valence-electron chi connectivity index (χ1n) is 11.9. The van der Waals surface area contributed by atoms with Crippen molar-refractivity contribution in [3.8, 4) is 34.1 Å². The first-order valence-corrected chi connectivity index (χ1v) is 11.9. The number of nitrogens with one attached hydrogen (secondary N) is 2.